The third-order valence-corrected chi connectivity index (χ3v) is 6.98. The number of carbonyl (C=O) groups excluding carboxylic acids is 1. The first-order valence-electron chi connectivity index (χ1n) is 11.0. The molecule has 1 N–H and O–H groups in total. The average molecular weight is 493 g/mol. The summed E-state index contributed by atoms with van der Waals surface area (Å²) in [5.41, 5.74) is 2.48. The van der Waals surface area contributed by atoms with Crippen molar-refractivity contribution in [1.29, 1.82) is 0 Å². The number of nitrogens with one attached hydrogen (secondary N) is 1. The highest BCUT2D eigenvalue weighted by Gasteiger charge is 2.32. The third-order valence-electron chi connectivity index (χ3n) is 6.03. The standard InChI is InChI=1S/C24H27F3N4O2S/c1-15-10-22(31-8-6-17(7-9-31)30(2)3)29-20-5-4-16(11-19(15)20)28-23(32)13-33-18-12-21(34-14-18)24(25,26)27/h4-5,10-12,14,17H,6-9,13H2,1-3H3,(H,28,32). The summed E-state index contributed by atoms with van der Waals surface area (Å²) >= 11 is 0.533. The molecule has 10 heteroatoms. The molecule has 1 aliphatic heterocycles. The Hall–Kier alpha value is -2.85. The van der Waals surface area contributed by atoms with Crippen molar-refractivity contribution in [2.75, 3.05) is 44.0 Å². The van der Waals surface area contributed by atoms with Gasteiger partial charge in [-0.15, -0.1) is 11.3 Å². The molecule has 0 radical (unpaired) electrons. The van der Waals surface area contributed by atoms with Crippen molar-refractivity contribution < 1.29 is 22.7 Å². The molecule has 4 rings (SSSR count). The second-order valence-electron chi connectivity index (χ2n) is 8.69. The molecule has 6 nitrogen and oxygen atoms in total. The van der Waals surface area contributed by atoms with Crippen LogP contribution in [0.25, 0.3) is 10.9 Å². The highest BCUT2D eigenvalue weighted by atomic mass is 32.1. The summed E-state index contributed by atoms with van der Waals surface area (Å²) in [5.74, 6) is 0.527. The van der Waals surface area contributed by atoms with E-state index in [1.165, 1.54) is 5.38 Å². The highest BCUT2D eigenvalue weighted by molar-refractivity contribution is 7.10. The predicted molar refractivity (Wildman–Crippen MR) is 129 cm³/mol. The first-order chi connectivity index (χ1) is 16.1. The summed E-state index contributed by atoms with van der Waals surface area (Å²) in [7, 11) is 4.24. The number of anilines is 2. The number of carbonyl (C=O) groups is 1. The molecule has 0 saturated carbocycles. The Morgan fingerprint density at radius 2 is 1.97 bits per heavy atom. The van der Waals surface area contributed by atoms with Gasteiger partial charge in [-0.1, -0.05) is 0 Å². The normalized spacial score (nSPS) is 15.2. The molecule has 0 spiro atoms. The number of aryl methyl sites for hydroxylation is 1. The van der Waals surface area contributed by atoms with E-state index in [0.29, 0.717) is 23.1 Å². The molecule has 3 aromatic rings. The molecule has 0 aliphatic carbocycles. The number of hydrogen-bond donors (Lipinski definition) is 1. The number of alkyl halides is 3. The molecule has 182 valence electrons. The minimum absolute atomic E-state index is 0.0215. The van der Waals surface area contributed by atoms with E-state index in [9.17, 15) is 18.0 Å². The van der Waals surface area contributed by atoms with Crippen LogP contribution in [0.3, 0.4) is 0 Å². The van der Waals surface area contributed by atoms with Crippen molar-refractivity contribution in [2.45, 2.75) is 32.0 Å². The number of benzene rings is 1. The van der Waals surface area contributed by atoms with E-state index in [4.69, 9.17) is 9.72 Å². The Labute approximate surface area is 200 Å². The van der Waals surface area contributed by atoms with Gasteiger partial charge in [0, 0.05) is 41.7 Å². The van der Waals surface area contributed by atoms with Crippen molar-refractivity contribution in [1.82, 2.24) is 9.88 Å². The van der Waals surface area contributed by atoms with Gasteiger partial charge in [-0.25, -0.2) is 4.98 Å². The number of piperidine rings is 1. The quantitative estimate of drug-likeness (QED) is 0.515. The van der Waals surface area contributed by atoms with E-state index in [0.717, 1.165) is 54.3 Å². The van der Waals surface area contributed by atoms with Crippen LogP contribution in [0.15, 0.2) is 35.7 Å². The zero-order valence-electron chi connectivity index (χ0n) is 19.3. The van der Waals surface area contributed by atoms with Crippen LogP contribution in [0.5, 0.6) is 5.75 Å². The molecule has 3 heterocycles. The molecule has 2 aromatic heterocycles. The molecule has 34 heavy (non-hydrogen) atoms. The molecule has 1 amide bonds. The van der Waals surface area contributed by atoms with E-state index >= 15 is 0 Å². The lowest BCUT2D eigenvalue weighted by Gasteiger charge is -2.36. The van der Waals surface area contributed by atoms with Crippen molar-refractivity contribution in [2.24, 2.45) is 0 Å². The zero-order valence-corrected chi connectivity index (χ0v) is 20.1. The first-order valence-corrected chi connectivity index (χ1v) is 11.9. The summed E-state index contributed by atoms with van der Waals surface area (Å²) in [4.78, 5) is 20.9. The third kappa shape index (κ3) is 5.61. The number of amides is 1. The maximum atomic E-state index is 12.7. The molecule has 0 atom stereocenters. The number of fused-ring (bicyclic) bond motifs is 1. The van der Waals surface area contributed by atoms with Crippen LogP contribution >= 0.6 is 11.3 Å². The SMILES string of the molecule is Cc1cc(N2CCC(N(C)C)CC2)nc2ccc(NC(=O)COc3csc(C(F)(F)F)c3)cc12. The molecule has 0 unspecified atom stereocenters. The number of pyridine rings is 1. The highest BCUT2D eigenvalue weighted by Crippen LogP contribution is 2.36. The van der Waals surface area contributed by atoms with Gasteiger partial charge in [-0.05, 0) is 63.7 Å². The largest absolute Gasteiger partial charge is 0.483 e. The van der Waals surface area contributed by atoms with Gasteiger partial charge in [0.25, 0.3) is 5.91 Å². The van der Waals surface area contributed by atoms with Crippen LogP contribution in [0.1, 0.15) is 23.3 Å². The topological polar surface area (TPSA) is 57.7 Å². The summed E-state index contributed by atoms with van der Waals surface area (Å²) in [6, 6.07) is 9.04. The number of nitrogens with zero attached hydrogens (tertiary/aromatic N) is 3. The van der Waals surface area contributed by atoms with Crippen LogP contribution < -0.4 is 15.0 Å². The van der Waals surface area contributed by atoms with Gasteiger partial charge >= 0.3 is 6.18 Å². The molecule has 1 aromatic carbocycles. The number of rotatable bonds is 6. The summed E-state index contributed by atoms with van der Waals surface area (Å²) < 4.78 is 43.3. The van der Waals surface area contributed by atoms with E-state index in [1.807, 2.05) is 19.1 Å². The van der Waals surface area contributed by atoms with Crippen LogP contribution in [-0.2, 0) is 11.0 Å². The second kappa shape index (κ2) is 9.79. The number of thiophene rings is 1. The zero-order chi connectivity index (χ0) is 24.5. The summed E-state index contributed by atoms with van der Waals surface area (Å²) in [5, 5.41) is 4.90. The van der Waals surface area contributed by atoms with Crippen LogP contribution in [0.4, 0.5) is 24.7 Å². The minimum atomic E-state index is -4.42. The smallest absolute Gasteiger partial charge is 0.425 e. The van der Waals surface area contributed by atoms with Gasteiger partial charge in [0.2, 0.25) is 0 Å². The van der Waals surface area contributed by atoms with Crippen LogP contribution in [0.2, 0.25) is 0 Å². The fourth-order valence-corrected chi connectivity index (χ4v) is 4.81. The Kier molecular flexibility index (Phi) is 6.99. The lowest BCUT2D eigenvalue weighted by Crippen LogP contribution is -2.42. The molecular formula is C24H27F3N4O2S. The summed E-state index contributed by atoms with van der Waals surface area (Å²) in [6.07, 6.45) is -2.22. The molecule has 1 aliphatic rings. The lowest BCUT2D eigenvalue weighted by atomic mass is 10.0. The van der Waals surface area contributed by atoms with E-state index in [-0.39, 0.29) is 12.4 Å². The minimum Gasteiger partial charge on any atom is -0.483 e. The first kappa shape index (κ1) is 24.3. The number of halogens is 3. The van der Waals surface area contributed by atoms with Crippen molar-refractivity contribution in [3.63, 3.8) is 0 Å². The predicted octanol–water partition coefficient (Wildman–Crippen LogP) is 5.17. The summed E-state index contributed by atoms with van der Waals surface area (Å²) in [6.45, 7) is 3.56. The fraction of sp³-hybridized carbons (Fsp3) is 0.417. The Morgan fingerprint density at radius 1 is 1.24 bits per heavy atom. The Bertz CT molecular complexity index is 1170. The average Bonchev–Trinajstić information content (AvgIpc) is 3.28. The Balaban J connectivity index is 1.39. The fourth-order valence-electron chi connectivity index (χ4n) is 4.12. The molecular weight excluding hydrogens is 465 g/mol. The number of aromatic nitrogens is 1. The van der Waals surface area contributed by atoms with Crippen LogP contribution in [-0.4, -0.2) is 55.6 Å². The monoisotopic (exact) mass is 492 g/mol. The Morgan fingerprint density at radius 3 is 2.62 bits per heavy atom. The second-order valence-corrected chi connectivity index (χ2v) is 9.60. The van der Waals surface area contributed by atoms with Gasteiger partial charge in [-0.2, -0.15) is 13.2 Å². The number of ether oxygens (including phenoxy) is 1. The van der Waals surface area contributed by atoms with Gasteiger partial charge in [0.05, 0.1) is 5.52 Å². The van der Waals surface area contributed by atoms with E-state index in [1.54, 1.807) is 6.07 Å². The molecule has 1 fully saturated rings. The van der Waals surface area contributed by atoms with Crippen molar-refractivity contribution in [3.8, 4) is 5.75 Å². The van der Waals surface area contributed by atoms with Gasteiger partial charge in [-0.3, -0.25) is 4.79 Å². The van der Waals surface area contributed by atoms with E-state index < -0.39 is 17.0 Å². The van der Waals surface area contributed by atoms with E-state index in [2.05, 4.69) is 35.3 Å². The van der Waals surface area contributed by atoms with Crippen LogP contribution in [0, 0.1) is 6.92 Å². The van der Waals surface area contributed by atoms with Gasteiger partial charge in [0.15, 0.2) is 6.61 Å². The van der Waals surface area contributed by atoms with Crippen molar-refractivity contribution in [3.05, 3.63) is 46.2 Å². The van der Waals surface area contributed by atoms with Crippen molar-refractivity contribution >= 4 is 39.7 Å². The van der Waals surface area contributed by atoms with Gasteiger partial charge in [0.1, 0.15) is 16.4 Å². The number of hydrogen-bond acceptors (Lipinski definition) is 6. The maximum Gasteiger partial charge on any atom is 0.425 e. The molecule has 0 bridgehead atoms. The molecule has 1 saturated heterocycles. The lowest BCUT2D eigenvalue weighted by molar-refractivity contribution is -0.134. The van der Waals surface area contributed by atoms with Gasteiger partial charge < -0.3 is 19.9 Å². The maximum absolute atomic E-state index is 12.7.